The molecule has 8 heteroatoms. The fraction of sp³-hybridized carbons (Fsp3) is 0.850. The number of hydrogen-bond donors (Lipinski definition) is 2. The lowest BCUT2D eigenvalue weighted by Gasteiger charge is -2.26. The summed E-state index contributed by atoms with van der Waals surface area (Å²) < 4.78 is 10.5. The SMILES string of the molecule is CC(C)(C)OC(=O)NCCCC[C@H](NC(=O)OC(C)(C)C)C(=O)N1CCCC1. The first-order valence-electron chi connectivity index (χ1n) is 10.1. The molecule has 1 fully saturated rings. The van der Waals surface area contributed by atoms with Crippen LogP contribution in [0, 0.1) is 0 Å². The van der Waals surface area contributed by atoms with Crippen LogP contribution in [0.15, 0.2) is 0 Å². The van der Waals surface area contributed by atoms with Crippen molar-refractivity contribution in [2.24, 2.45) is 0 Å². The topological polar surface area (TPSA) is 97.0 Å². The van der Waals surface area contributed by atoms with Crippen LogP contribution in [0.4, 0.5) is 9.59 Å². The molecular formula is C20H37N3O5. The van der Waals surface area contributed by atoms with Gasteiger partial charge in [-0.25, -0.2) is 9.59 Å². The van der Waals surface area contributed by atoms with E-state index in [0.29, 0.717) is 25.8 Å². The van der Waals surface area contributed by atoms with Crippen molar-refractivity contribution in [3.63, 3.8) is 0 Å². The van der Waals surface area contributed by atoms with Crippen molar-refractivity contribution in [2.75, 3.05) is 19.6 Å². The number of ether oxygens (including phenoxy) is 2. The quantitative estimate of drug-likeness (QED) is 0.641. The van der Waals surface area contributed by atoms with E-state index in [1.165, 1.54) is 0 Å². The molecule has 162 valence electrons. The number of nitrogens with zero attached hydrogens (tertiary/aromatic N) is 1. The van der Waals surface area contributed by atoms with Gasteiger partial charge in [0.15, 0.2) is 0 Å². The van der Waals surface area contributed by atoms with Crippen LogP contribution in [-0.4, -0.2) is 59.9 Å². The standard InChI is InChI=1S/C20H37N3O5/c1-19(2,3)27-17(25)21-12-8-7-11-15(16(24)23-13-9-10-14-23)22-18(26)28-20(4,5)6/h15H,7-14H2,1-6H3,(H,21,25)(H,22,26)/t15-/m0/s1. The maximum absolute atomic E-state index is 12.7. The molecule has 1 heterocycles. The van der Waals surface area contributed by atoms with Crippen LogP contribution in [-0.2, 0) is 14.3 Å². The Morgan fingerprint density at radius 2 is 1.43 bits per heavy atom. The first-order chi connectivity index (χ1) is 12.9. The Morgan fingerprint density at radius 1 is 0.893 bits per heavy atom. The van der Waals surface area contributed by atoms with Crippen molar-refractivity contribution >= 4 is 18.1 Å². The average molecular weight is 400 g/mol. The third-order valence-electron chi connectivity index (χ3n) is 3.99. The zero-order chi connectivity index (χ0) is 21.4. The van der Waals surface area contributed by atoms with Crippen molar-refractivity contribution in [1.82, 2.24) is 15.5 Å². The first-order valence-corrected chi connectivity index (χ1v) is 10.1. The van der Waals surface area contributed by atoms with E-state index in [9.17, 15) is 14.4 Å². The van der Waals surface area contributed by atoms with Crippen molar-refractivity contribution in [1.29, 1.82) is 0 Å². The summed E-state index contributed by atoms with van der Waals surface area (Å²) in [4.78, 5) is 38.3. The molecule has 1 atom stereocenters. The van der Waals surface area contributed by atoms with Gasteiger partial charge < -0.3 is 25.0 Å². The smallest absolute Gasteiger partial charge is 0.408 e. The molecule has 0 aromatic carbocycles. The molecule has 3 amide bonds. The van der Waals surface area contributed by atoms with Gasteiger partial charge in [-0.1, -0.05) is 0 Å². The number of carbonyl (C=O) groups excluding carboxylic acids is 3. The molecule has 0 aliphatic carbocycles. The van der Waals surface area contributed by atoms with Crippen LogP contribution in [0.25, 0.3) is 0 Å². The predicted molar refractivity (Wildman–Crippen MR) is 107 cm³/mol. The van der Waals surface area contributed by atoms with Crippen LogP contribution in [0.5, 0.6) is 0 Å². The molecule has 0 aromatic rings. The summed E-state index contributed by atoms with van der Waals surface area (Å²) in [6.45, 7) is 12.7. The van der Waals surface area contributed by atoms with Crippen LogP contribution in [0.1, 0.15) is 73.6 Å². The fourth-order valence-corrected chi connectivity index (χ4v) is 2.84. The normalized spacial score (nSPS) is 15.7. The summed E-state index contributed by atoms with van der Waals surface area (Å²) >= 11 is 0. The lowest BCUT2D eigenvalue weighted by Crippen LogP contribution is -2.49. The zero-order valence-electron chi connectivity index (χ0n) is 18.2. The van der Waals surface area contributed by atoms with Gasteiger partial charge in [0.25, 0.3) is 0 Å². The van der Waals surface area contributed by atoms with E-state index >= 15 is 0 Å². The maximum Gasteiger partial charge on any atom is 0.408 e. The number of unbranched alkanes of at least 4 members (excludes halogenated alkanes) is 1. The van der Waals surface area contributed by atoms with Gasteiger partial charge in [0.2, 0.25) is 5.91 Å². The van der Waals surface area contributed by atoms with Gasteiger partial charge in [0, 0.05) is 19.6 Å². The largest absolute Gasteiger partial charge is 0.444 e. The van der Waals surface area contributed by atoms with Gasteiger partial charge in [-0.05, 0) is 73.6 Å². The van der Waals surface area contributed by atoms with Crippen molar-refractivity contribution in [2.45, 2.75) is 90.9 Å². The summed E-state index contributed by atoms with van der Waals surface area (Å²) in [5.41, 5.74) is -1.16. The molecule has 1 saturated heterocycles. The van der Waals surface area contributed by atoms with E-state index in [1.54, 1.807) is 25.7 Å². The minimum absolute atomic E-state index is 0.0662. The maximum atomic E-state index is 12.7. The molecular weight excluding hydrogens is 362 g/mol. The van der Waals surface area contributed by atoms with Crippen LogP contribution >= 0.6 is 0 Å². The third-order valence-corrected chi connectivity index (χ3v) is 3.99. The molecule has 0 radical (unpaired) electrons. The lowest BCUT2D eigenvalue weighted by molar-refractivity contribution is -0.132. The molecule has 1 rings (SSSR count). The van der Waals surface area contributed by atoms with Crippen molar-refractivity contribution in [3.05, 3.63) is 0 Å². The highest BCUT2D eigenvalue weighted by Crippen LogP contribution is 2.14. The first kappa shape index (κ1) is 24.0. The molecule has 1 aliphatic rings. The van der Waals surface area contributed by atoms with Crippen LogP contribution < -0.4 is 10.6 Å². The molecule has 2 N–H and O–H groups in total. The minimum Gasteiger partial charge on any atom is -0.444 e. The third kappa shape index (κ3) is 10.4. The molecule has 0 aromatic heterocycles. The van der Waals surface area contributed by atoms with Gasteiger partial charge in [0.05, 0.1) is 0 Å². The van der Waals surface area contributed by atoms with Gasteiger partial charge in [-0.3, -0.25) is 4.79 Å². The van der Waals surface area contributed by atoms with Crippen molar-refractivity contribution in [3.8, 4) is 0 Å². The molecule has 8 nitrogen and oxygen atoms in total. The van der Waals surface area contributed by atoms with Crippen molar-refractivity contribution < 1.29 is 23.9 Å². The number of hydrogen-bond acceptors (Lipinski definition) is 5. The average Bonchev–Trinajstić information content (AvgIpc) is 3.03. The molecule has 28 heavy (non-hydrogen) atoms. The number of likely N-dealkylation sites (tertiary alicyclic amines) is 1. The molecule has 1 aliphatic heterocycles. The Morgan fingerprint density at radius 3 is 1.96 bits per heavy atom. The second-order valence-electron chi connectivity index (χ2n) is 9.16. The molecule has 0 unspecified atom stereocenters. The van der Waals surface area contributed by atoms with E-state index in [4.69, 9.17) is 9.47 Å². The zero-order valence-corrected chi connectivity index (χ0v) is 18.2. The van der Waals surface area contributed by atoms with Gasteiger partial charge in [-0.2, -0.15) is 0 Å². The number of rotatable bonds is 7. The second-order valence-corrected chi connectivity index (χ2v) is 9.16. The highest BCUT2D eigenvalue weighted by atomic mass is 16.6. The number of amides is 3. The summed E-state index contributed by atoms with van der Waals surface area (Å²) in [6.07, 6.45) is 2.79. The van der Waals surface area contributed by atoms with Crippen LogP contribution in [0.3, 0.4) is 0 Å². The van der Waals surface area contributed by atoms with E-state index in [0.717, 1.165) is 25.9 Å². The van der Waals surface area contributed by atoms with Gasteiger partial charge >= 0.3 is 12.2 Å². The highest BCUT2D eigenvalue weighted by molar-refractivity contribution is 5.85. The second kappa shape index (κ2) is 10.5. The minimum atomic E-state index is -0.622. The van der Waals surface area contributed by atoms with E-state index in [-0.39, 0.29) is 5.91 Å². The number of nitrogens with one attached hydrogen (secondary N) is 2. The van der Waals surface area contributed by atoms with E-state index in [2.05, 4.69) is 10.6 Å². The summed E-state index contributed by atoms with van der Waals surface area (Å²) in [5, 5.41) is 5.42. The Labute approximate surface area is 168 Å². The Kier molecular flexibility index (Phi) is 9.04. The van der Waals surface area contributed by atoms with Crippen LogP contribution in [0.2, 0.25) is 0 Å². The lowest BCUT2D eigenvalue weighted by atomic mass is 10.1. The summed E-state index contributed by atoms with van der Waals surface area (Å²) in [5.74, 6) is -0.0662. The summed E-state index contributed by atoms with van der Waals surface area (Å²) in [7, 11) is 0. The highest BCUT2D eigenvalue weighted by Gasteiger charge is 2.29. The molecule has 0 saturated carbocycles. The Hall–Kier alpha value is -1.99. The number of alkyl carbamates (subject to hydrolysis) is 2. The van der Waals surface area contributed by atoms with E-state index in [1.807, 2.05) is 20.8 Å². The molecule has 0 bridgehead atoms. The fourth-order valence-electron chi connectivity index (χ4n) is 2.84. The monoisotopic (exact) mass is 399 g/mol. The Bertz CT molecular complexity index is 531. The molecule has 0 spiro atoms. The predicted octanol–water partition coefficient (Wildman–Crippen LogP) is 3.20. The number of carbonyl (C=O) groups is 3. The summed E-state index contributed by atoms with van der Waals surface area (Å²) in [6, 6.07) is -0.616. The van der Waals surface area contributed by atoms with E-state index < -0.39 is 29.4 Å². The van der Waals surface area contributed by atoms with Gasteiger partial charge in [-0.15, -0.1) is 0 Å². The Balaban J connectivity index is 2.47. The van der Waals surface area contributed by atoms with Gasteiger partial charge in [0.1, 0.15) is 17.2 Å².